The Morgan fingerprint density at radius 3 is 2.31 bits per heavy atom. The summed E-state index contributed by atoms with van der Waals surface area (Å²) in [7, 11) is 2.96. The lowest BCUT2D eigenvalue weighted by Gasteiger charge is -2.41. The van der Waals surface area contributed by atoms with E-state index in [0.717, 1.165) is 23.3 Å². The van der Waals surface area contributed by atoms with Gasteiger partial charge in [0.15, 0.2) is 11.4 Å². The van der Waals surface area contributed by atoms with Gasteiger partial charge in [-0.3, -0.25) is 19.2 Å². The van der Waals surface area contributed by atoms with E-state index in [1.807, 2.05) is 58.1 Å². The third-order valence-corrected chi connectivity index (χ3v) is 16.2. The molecule has 3 saturated heterocycles. The summed E-state index contributed by atoms with van der Waals surface area (Å²) in [4.78, 5) is 72.9. The molecule has 1 aliphatic carbocycles. The number of allylic oxidation sites excluding steroid dienone is 6. The van der Waals surface area contributed by atoms with Crippen LogP contribution in [0.2, 0.25) is 0 Å². The Hall–Kier alpha value is -3.67. The van der Waals surface area contributed by atoms with Crippen molar-refractivity contribution in [2.45, 2.75) is 192 Å². The molecule has 0 aromatic rings. The highest BCUT2D eigenvalue weighted by Gasteiger charge is 2.52. The number of hydrogen-bond donors (Lipinski definition) is 3. The SMILES string of the molecule is C=C1CC[C@H]2C[C@@H](OCC3CCOCC3)/C(C)=C/C=C/C=C[C@@H](C)C[C@@H](C)C(=O)[C@@](C)(OC)[C@H](O)/C(C)=C/[C@@H](C)C(=O)C[C@@H]([C@H](C)C[C@@H]3CC[C@@H](O)[C@H](OC)C3)OC(=O)C3CCCCN3C(=O)C(=O)C1(O)O2. The molecule has 4 aliphatic heterocycles. The zero-order valence-corrected chi connectivity index (χ0v) is 44.7. The maximum Gasteiger partial charge on any atom is 0.329 e. The highest BCUT2D eigenvalue weighted by Crippen LogP contribution is 2.38. The number of carbonyl (C=O) groups is 5. The lowest BCUT2D eigenvalue weighted by molar-refractivity contribution is -0.222. The van der Waals surface area contributed by atoms with Crippen molar-refractivity contribution < 1.29 is 67.7 Å². The molecule has 0 radical (unpaired) electrons. The number of fused-ring (bicyclic) bond motifs is 3. The fourth-order valence-corrected chi connectivity index (χ4v) is 11.3. The van der Waals surface area contributed by atoms with Crippen molar-refractivity contribution in [3.05, 3.63) is 59.8 Å². The number of piperidine rings is 1. The summed E-state index contributed by atoms with van der Waals surface area (Å²) in [5.74, 6) is -7.53. The molecule has 0 aromatic heterocycles. The van der Waals surface area contributed by atoms with Crippen LogP contribution in [0, 0.1) is 35.5 Å². The minimum atomic E-state index is -2.65. The topological polar surface area (TPSA) is 205 Å². The molecule has 4 fully saturated rings. The highest BCUT2D eigenvalue weighted by molar-refractivity contribution is 6.39. The molecule has 15 nitrogen and oxygen atoms in total. The van der Waals surface area contributed by atoms with Gasteiger partial charge < -0.3 is 48.6 Å². The Morgan fingerprint density at radius 2 is 1.61 bits per heavy atom. The van der Waals surface area contributed by atoms with Crippen LogP contribution in [-0.2, 0) is 52.4 Å². The number of Topliss-reactive ketones (excluding diaryl/α,β-unsaturated/α-hetero) is 3. The summed E-state index contributed by atoms with van der Waals surface area (Å²) in [5, 5.41) is 34.4. The van der Waals surface area contributed by atoms with Gasteiger partial charge in [0, 0.05) is 58.7 Å². The molecular formula is C57H87NO14. The number of esters is 1. The first-order valence-electron chi connectivity index (χ1n) is 26.7. The zero-order chi connectivity index (χ0) is 52.9. The van der Waals surface area contributed by atoms with Gasteiger partial charge in [-0.2, -0.15) is 0 Å². The van der Waals surface area contributed by atoms with Gasteiger partial charge in [-0.1, -0.05) is 70.7 Å². The van der Waals surface area contributed by atoms with Gasteiger partial charge in [0.1, 0.15) is 24.0 Å². The molecule has 404 valence electrons. The second-order valence-corrected chi connectivity index (χ2v) is 21.9. The fourth-order valence-electron chi connectivity index (χ4n) is 11.3. The summed E-state index contributed by atoms with van der Waals surface area (Å²) in [5.41, 5.74) is -0.307. The standard InChI is InChI=1S/C57H87NO14/c1-35-16-12-11-13-17-36(2)48(70-34-42-23-26-69-27-24-42)32-44-21-19-41(7)57(66,72-44)53(63)54(64)58-25-15-14-18-45(58)55(65)71-49(38(4)30-43-20-22-46(59)50(31-43)67-9)33-47(60)37(3)29-40(6)52(62)56(8,68-10)51(61)39(5)28-35/h11-13,16-17,29,35,37-39,42-46,48-50,52,59,62,66H,7,14-15,18-28,30-34H2,1-6,8-10H3/b13-11+,16-12?,36-17+,40-29+/t35-,37-,38-,39-,43+,44+,45?,46-,48-,49+,50-,52-,56-,57?/m1/s1. The molecule has 1 saturated carbocycles. The number of amides is 1. The maximum absolute atomic E-state index is 14.5. The second kappa shape index (κ2) is 27.2. The number of nitrogens with zero attached hydrogens (tertiary/aromatic N) is 1. The average Bonchev–Trinajstić information content (AvgIpc) is 3.37. The van der Waals surface area contributed by atoms with Crippen LogP contribution >= 0.6 is 0 Å². The Kier molecular flexibility index (Phi) is 22.4. The lowest BCUT2D eigenvalue weighted by Crippen LogP contribution is -2.59. The number of hydrogen-bond acceptors (Lipinski definition) is 14. The van der Waals surface area contributed by atoms with Gasteiger partial charge >= 0.3 is 5.97 Å². The fraction of sp³-hybridized carbons (Fsp3) is 0.737. The number of cyclic esters (lactones) is 1. The predicted molar refractivity (Wildman–Crippen MR) is 272 cm³/mol. The van der Waals surface area contributed by atoms with Gasteiger partial charge in [-0.05, 0) is 138 Å². The van der Waals surface area contributed by atoms with Crippen LogP contribution in [0.5, 0.6) is 0 Å². The smallest absolute Gasteiger partial charge is 0.329 e. The first-order chi connectivity index (χ1) is 34.1. The number of ketones is 3. The van der Waals surface area contributed by atoms with Crippen molar-refractivity contribution in [3.8, 4) is 0 Å². The van der Waals surface area contributed by atoms with Gasteiger partial charge in [0.25, 0.3) is 17.5 Å². The molecule has 1 amide bonds. The van der Waals surface area contributed by atoms with Crippen molar-refractivity contribution in [2.75, 3.05) is 40.6 Å². The van der Waals surface area contributed by atoms with Crippen LogP contribution in [0.3, 0.4) is 0 Å². The molecular weight excluding hydrogens is 923 g/mol. The van der Waals surface area contributed by atoms with E-state index in [1.165, 1.54) is 7.11 Å². The monoisotopic (exact) mass is 1010 g/mol. The lowest BCUT2D eigenvalue weighted by atomic mass is 9.78. The Morgan fingerprint density at radius 1 is 0.889 bits per heavy atom. The third-order valence-electron chi connectivity index (χ3n) is 16.2. The Balaban J connectivity index is 1.49. The number of aliphatic hydroxyl groups is 3. The maximum atomic E-state index is 14.5. The minimum Gasteiger partial charge on any atom is -0.460 e. The Labute approximate surface area is 428 Å². The van der Waals surface area contributed by atoms with Crippen molar-refractivity contribution in [1.29, 1.82) is 0 Å². The number of aliphatic hydroxyl groups excluding tert-OH is 2. The quantitative estimate of drug-likeness (QED) is 0.124. The summed E-state index contributed by atoms with van der Waals surface area (Å²) < 4.78 is 36.1. The largest absolute Gasteiger partial charge is 0.460 e. The van der Waals surface area contributed by atoms with E-state index in [9.17, 15) is 39.3 Å². The number of rotatable bonds is 8. The minimum absolute atomic E-state index is 0.0133. The van der Waals surface area contributed by atoms with Crippen LogP contribution in [0.1, 0.15) is 138 Å². The molecule has 14 atom stereocenters. The van der Waals surface area contributed by atoms with E-state index in [2.05, 4.69) is 6.58 Å². The first kappa shape index (κ1) is 59.2. The molecule has 5 rings (SSSR count). The van der Waals surface area contributed by atoms with E-state index in [1.54, 1.807) is 34.0 Å². The number of carbonyl (C=O) groups excluding carboxylic acids is 5. The molecule has 0 aromatic carbocycles. The number of methoxy groups -OCH3 is 2. The molecule has 4 heterocycles. The van der Waals surface area contributed by atoms with Gasteiger partial charge in [0.05, 0.1) is 31.0 Å². The highest BCUT2D eigenvalue weighted by atomic mass is 16.6. The molecule has 72 heavy (non-hydrogen) atoms. The van der Waals surface area contributed by atoms with E-state index in [4.69, 9.17) is 28.4 Å². The normalized spacial score (nSPS) is 38.8. The third kappa shape index (κ3) is 15.2. The summed E-state index contributed by atoms with van der Waals surface area (Å²) >= 11 is 0. The van der Waals surface area contributed by atoms with E-state index in [-0.39, 0.29) is 73.2 Å². The van der Waals surface area contributed by atoms with Gasteiger partial charge in [-0.25, -0.2) is 4.79 Å². The molecule has 2 bridgehead atoms. The second-order valence-electron chi connectivity index (χ2n) is 21.9. The summed E-state index contributed by atoms with van der Waals surface area (Å²) in [6, 6.07) is -1.18. The van der Waals surface area contributed by atoms with Crippen LogP contribution in [-0.4, -0.2) is 144 Å². The van der Waals surface area contributed by atoms with Crippen molar-refractivity contribution >= 4 is 29.2 Å². The summed E-state index contributed by atoms with van der Waals surface area (Å²) in [6.45, 7) is 18.4. The molecule has 0 spiro atoms. The average molecular weight is 1010 g/mol. The first-order valence-corrected chi connectivity index (χ1v) is 26.7. The van der Waals surface area contributed by atoms with E-state index in [0.29, 0.717) is 82.7 Å². The molecule has 3 N–H and O–H groups in total. The van der Waals surface area contributed by atoms with Crippen LogP contribution in [0.25, 0.3) is 0 Å². The molecule has 15 heteroatoms. The van der Waals surface area contributed by atoms with Crippen molar-refractivity contribution in [1.82, 2.24) is 4.90 Å². The van der Waals surface area contributed by atoms with E-state index < -0.39 is 77.4 Å². The van der Waals surface area contributed by atoms with Crippen LogP contribution in [0.4, 0.5) is 0 Å². The zero-order valence-electron chi connectivity index (χ0n) is 44.7. The van der Waals surface area contributed by atoms with Crippen LogP contribution < -0.4 is 0 Å². The van der Waals surface area contributed by atoms with E-state index >= 15 is 0 Å². The number of ether oxygens (including phenoxy) is 6. The van der Waals surface area contributed by atoms with Crippen LogP contribution in [0.15, 0.2) is 59.8 Å². The van der Waals surface area contributed by atoms with Crippen molar-refractivity contribution in [3.63, 3.8) is 0 Å². The summed E-state index contributed by atoms with van der Waals surface area (Å²) in [6.07, 6.45) is 13.4. The Bertz CT molecular complexity index is 2000. The molecule has 2 unspecified atom stereocenters. The van der Waals surface area contributed by atoms with Gasteiger partial charge in [0.2, 0.25) is 0 Å². The van der Waals surface area contributed by atoms with Crippen molar-refractivity contribution in [2.24, 2.45) is 35.5 Å². The molecule has 5 aliphatic rings. The van der Waals surface area contributed by atoms with Gasteiger partial charge in [-0.15, -0.1) is 0 Å². The predicted octanol–water partition coefficient (Wildman–Crippen LogP) is 7.29.